The van der Waals surface area contributed by atoms with Gasteiger partial charge in [0.2, 0.25) is 11.8 Å². The molecule has 2 atom stereocenters. The second-order valence-corrected chi connectivity index (χ2v) is 8.28. The van der Waals surface area contributed by atoms with Gasteiger partial charge in [-0.3, -0.25) is 29.4 Å². The van der Waals surface area contributed by atoms with Gasteiger partial charge in [0.25, 0.3) is 11.8 Å². The van der Waals surface area contributed by atoms with E-state index < -0.39 is 23.8 Å². The number of amides is 4. The molecular formula is C20H23ClN4O4. The highest BCUT2D eigenvalue weighted by Crippen LogP contribution is 2.39. The highest BCUT2D eigenvalue weighted by molar-refractivity contribution is 6.23. The standard InChI is InChI=1S/C20H22N4O4.ClH/c25-16-4-3-15(17(26)22-16)24-18(27)13-2-1-12(9-14(13)19(24)28)23-8-6-20(11-23)5-7-21-10-20;/h1-2,9,15,21H,3-8,10-11H2,(H,22,25,26);1H. The van der Waals surface area contributed by atoms with Gasteiger partial charge in [-0.05, 0) is 44.0 Å². The zero-order valence-corrected chi connectivity index (χ0v) is 16.7. The molecule has 4 aliphatic heterocycles. The number of nitrogens with one attached hydrogen (secondary N) is 2. The summed E-state index contributed by atoms with van der Waals surface area (Å²) in [5, 5.41) is 5.66. The smallest absolute Gasteiger partial charge is 0.262 e. The Balaban J connectivity index is 0.00000205. The predicted octanol–water partition coefficient (Wildman–Crippen LogP) is 0.699. The van der Waals surface area contributed by atoms with Crippen molar-refractivity contribution >= 4 is 41.7 Å². The molecule has 0 bridgehead atoms. The minimum atomic E-state index is -0.923. The van der Waals surface area contributed by atoms with Crippen molar-refractivity contribution in [1.82, 2.24) is 15.5 Å². The fraction of sp³-hybridized carbons (Fsp3) is 0.500. The highest BCUT2D eigenvalue weighted by atomic mass is 35.5. The van der Waals surface area contributed by atoms with E-state index in [1.54, 1.807) is 12.1 Å². The zero-order chi connectivity index (χ0) is 19.5. The van der Waals surface area contributed by atoms with Gasteiger partial charge in [0, 0.05) is 37.2 Å². The number of carbonyl (C=O) groups is 4. The van der Waals surface area contributed by atoms with Gasteiger partial charge in [-0.25, -0.2) is 0 Å². The predicted molar refractivity (Wildman–Crippen MR) is 107 cm³/mol. The lowest BCUT2D eigenvalue weighted by Crippen LogP contribution is -2.54. The Labute approximate surface area is 174 Å². The summed E-state index contributed by atoms with van der Waals surface area (Å²) in [5.74, 6) is -1.86. The van der Waals surface area contributed by atoms with Crippen molar-refractivity contribution in [1.29, 1.82) is 0 Å². The molecule has 2 N–H and O–H groups in total. The molecule has 1 aromatic rings. The van der Waals surface area contributed by atoms with Crippen LogP contribution in [0.15, 0.2) is 18.2 Å². The zero-order valence-electron chi connectivity index (χ0n) is 15.9. The number of halogens is 1. The molecule has 3 saturated heterocycles. The first kappa shape index (κ1) is 19.8. The number of nitrogens with zero attached hydrogens (tertiary/aromatic N) is 2. The number of anilines is 1. The van der Waals surface area contributed by atoms with E-state index in [4.69, 9.17) is 0 Å². The fourth-order valence-corrected chi connectivity index (χ4v) is 4.96. The molecule has 1 spiro atoms. The van der Waals surface area contributed by atoms with Crippen LogP contribution in [0, 0.1) is 5.41 Å². The molecule has 4 amide bonds. The first-order valence-corrected chi connectivity index (χ1v) is 9.79. The van der Waals surface area contributed by atoms with Crippen LogP contribution in [0.3, 0.4) is 0 Å². The van der Waals surface area contributed by atoms with Crippen LogP contribution >= 0.6 is 12.4 Å². The van der Waals surface area contributed by atoms with E-state index in [0.29, 0.717) is 16.5 Å². The van der Waals surface area contributed by atoms with Crippen LogP contribution in [0.2, 0.25) is 0 Å². The second-order valence-electron chi connectivity index (χ2n) is 8.28. The average molecular weight is 419 g/mol. The van der Waals surface area contributed by atoms with Gasteiger partial charge < -0.3 is 10.2 Å². The van der Waals surface area contributed by atoms with Crippen LogP contribution in [-0.4, -0.2) is 60.7 Å². The quantitative estimate of drug-likeness (QED) is 0.686. The monoisotopic (exact) mass is 418 g/mol. The number of imide groups is 2. The van der Waals surface area contributed by atoms with Gasteiger partial charge in [-0.1, -0.05) is 0 Å². The summed E-state index contributed by atoms with van der Waals surface area (Å²) in [5.41, 5.74) is 1.92. The Morgan fingerprint density at radius 2 is 1.83 bits per heavy atom. The molecule has 0 saturated carbocycles. The molecule has 5 rings (SSSR count). The first-order valence-electron chi connectivity index (χ1n) is 9.79. The molecule has 3 fully saturated rings. The lowest BCUT2D eigenvalue weighted by atomic mass is 9.86. The molecule has 4 heterocycles. The van der Waals surface area contributed by atoms with Crippen LogP contribution in [0.1, 0.15) is 46.4 Å². The molecular weight excluding hydrogens is 396 g/mol. The van der Waals surface area contributed by atoms with Crippen LogP contribution in [-0.2, 0) is 9.59 Å². The largest absolute Gasteiger partial charge is 0.371 e. The van der Waals surface area contributed by atoms with Gasteiger partial charge in [0.05, 0.1) is 11.1 Å². The van der Waals surface area contributed by atoms with Crippen LogP contribution in [0.4, 0.5) is 5.69 Å². The van der Waals surface area contributed by atoms with Crippen molar-refractivity contribution in [3.05, 3.63) is 29.3 Å². The van der Waals surface area contributed by atoms with Crippen molar-refractivity contribution in [2.75, 3.05) is 31.1 Å². The highest BCUT2D eigenvalue weighted by Gasteiger charge is 2.45. The third-order valence-corrected chi connectivity index (χ3v) is 6.56. The summed E-state index contributed by atoms with van der Waals surface area (Å²) >= 11 is 0. The van der Waals surface area contributed by atoms with Gasteiger partial charge in [-0.2, -0.15) is 0 Å². The lowest BCUT2D eigenvalue weighted by molar-refractivity contribution is -0.136. The van der Waals surface area contributed by atoms with E-state index in [2.05, 4.69) is 15.5 Å². The number of fused-ring (bicyclic) bond motifs is 1. The van der Waals surface area contributed by atoms with E-state index in [1.165, 1.54) is 0 Å². The Bertz CT molecular complexity index is 912. The van der Waals surface area contributed by atoms with E-state index in [9.17, 15) is 19.2 Å². The Hall–Kier alpha value is -2.45. The summed E-state index contributed by atoms with van der Waals surface area (Å²) in [6.07, 6.45) is 2.57. The van der Waals surface area contributed by atoms with Gasteiger partial charge >= 0.3 is 0 Å². The summed E-state index contributed by atoms with van der Waals surface area (Å²) in [6, 6.07) is 4.44. The maximum absolute atomic E-state index is 13.0. The molecule has 154 valence electrons. The minimum Gasteiger partial charge on any atom is -0.371 e. The maximum atomic E-state index is 13.0. The second kappa shape index (κ2) is 7.11. The Morgan fingerprint density at radius 3 is 2.55 bits per heavy atom. The summed E-state index contributed by atoms with van der Waals surface area (Å²) in [6.45, 7) is 3.94. The molecule has 29 heavy (non-hydrogen) atoms. The summed E-state index contributed by atoms with van der Waals surface area (Å²) < 4.78 is 0. The Kier molecular flexibility index (Phi) is 4.86. The molecule has 8 nitrogen and oxygen atoms in total. The van der Waals surface area contributed by atoms with E-state index >= 15 is 0 Å². The van der Waals surface area contributed by atoms with Crippen LogP contribution in [0.5, 0.6) is 0 Å². The number of carbonyl (C=O) groups excluding carboxylic acids is 4. The minimum absolute atomic E-state index is 0. The molecule has 2 unspecified atom stereocenters. The number of benzene rings is 1. The van der Waals surface area contributed by atoms with Crippen molar-refractivity contribution in [3.8, 4) is 0 Å². The topological polar surface area (TPSA) is 98.8 Å². The third-order valence-electron chi connectivity index (χ3n) is 6.56. The molecule has 0 radical (unpaired) electrons. The van der Waals surface area contributed by atoms with Gasteiger partial charge in [-0.15, -0.1) is 12.4 Å². The normalized spacial score (nSPS) is 28.8. The molecule has 0 aliphatic carbocycles. The number of piperidine rings is 1. The fourth-order valence-electron chi connectivity index (χ4n) is 4.96. The SMILES string of the molecule is Cl.O=C1CCC(N2C(=O)c3ccc(N4CCC5(CCNC5)C4)cc3C2=O)C(=O)N1. The third kappa shape index (κ3) is 3.11. The van der Waals surface area contributed by atoms with Crippen LogP contribution < -0.4 is 15.5 Å². The summed E-state index contributed by atoms with van der Waals surface area (Å²) in [4.78, 5) is 52.6. The van der Waals surface area contributed by atoms with Gasteiger partial charge in [0.1, 0.15) is 6.04 Å². The number of rotatable bonds is 2. The van der Waals surface area contributed by atoms with Crippen LogP contribution in [0.25, 0.3) is 0 Å². The maximum Gasteiger partial charge on any atom is 0.262 e. The van der Waals surface area contributed by atoms with E-state index in [0.717, 1.165) is 49.6 Å². The lowest BCUT2D eigenvalue weighted by Gasteiger charge is -2.27. The van der Waals surface area contributed by atoms with E-state index in [1.807, 2.05) is 6.07 Å². The van der Waals surface area contributed by atoms with Gasteiger partial charge in [0.15, 0.2) is 0 Å². The molecule has 1 aromatic carbocycles. The van der Waals surface area contributed by atoms with E-state index in [-0.39, 0.29) is 31.2 Å². The Morgan fingerprint density at radius 1 is 1.03 bits per heavy atom. The number of hydrogen-bond donors (Lipinski definition) is 2. The van der Waals surface area contributed by atoms with Crippen molar-refractivity contribution in [3.63, 3.8) is 0 Å². The molecule has 4 aliphatic rings. The molecule has 0 aromatic heterocycles. The average Bonchev–Trinajstić information content (AvgIpc) is 3.38. The van der Waals surface area contributed by atoms with Crippen molar-refractivity contribution in [2.45, 2.75) is 31.7 Å². The van der Waals surface area contributed by atoms with Crippen molar-refractivity contribution < 1.29 is 19.2 Å². The molecule has 9 heteroatoms. The summed E-state index contributed by atoms with van der Waals surface area (Å²) in [7, 11) is 0. The first-order chi connectivity index (χ1) is 13.5. The number of hydrogen-bond acceptors (Lipinski definition) is 6. The van der Waals surface area contributed by atoms with Crippen molar-refractivity contribution in [2.24, 2.45) is 5.41 Å².